The van der Waals surface area contributed by atoms with Crippen molar-refractivity contribution in [1.82, 2.24) is 29.9 Å². The number of nitrogens with zero attached hydrogens (tertiary/aromatic N) is 5. The quantitative estimate of drug-likeness (QED) is 0.156. The summed E-state index contributed by atoms with van der Waals surface area (Å²) >= 11 is 6.22. The summed E-state index contributed by atoms with van der Waals surface area (Å²) in [6.45, 7) is 0.601. The van der Waals surface area contributed by atoms with E-state index in [1.54, 1.807) is 37.6 Å². The van der Waals surface area contributed by atoms with Crippen molar-refractivity contribution in [2.24, 2.45) is 0 Å². The van der Waals surface area contributed by atoms with Crippen LogP contribution in [-0.4, -0.2) is 49.6 Å². The monoisotopic (exact) mass is 690 g/mol. The number of anilines is 3. The Kier molecular flexibility index (Phi) is 7.80. The molecule has 14 heteroatoms. The Balaban J connectivity index is 0.000000145. The number of rotatable bonds is 5. The number of fused-ring (bicyclic) bond motifs is 7. The number of carbonyl (C=O) groups is 1. The lowest BCUT2D eigenvalue weighted by Crippen LogP contribution is -2.25. The van der Waals surface area contributed by atoms with Gasteiger partial charge in [-0.3, -0.25) is 14.6 Å². The zero-order chi connectivity index (χ0) is 34.4. The highest BCUT2D eigenvalue weighted by molar-refractivity contribution is 6.35. The maximum atomic E-state index is 13.6. The van der Waals surface area contributed by atoms with Crippen molar-refractivity contribution in [1.29, 1.82) is 0 Å². The normalized spacial score (nSPS) is 12.4. The topological polar surface area (TPSA) is 132 Å². The highest BCUT2D eigenvalue weighted by Crippen LogP contribution is 2.34. The molecule has 9 rings (SSSR count). The summed E-state index contributed by atoms with van der Waals surface area (Å²) in [5.74, 6) is 1.03. The Hall–Kier alpha value is -6.34. The van der Waals surface area contributed by atoms with Crippen LogP contribution in [0.4, 0.5) is 26.0 Å². The Morgan fingerprint density at radius 1 is 0.920 bits per heavy atom. The Morgan fingerprint density at radius 2 is 1.66 bits per heavy atom. The van der Waals surface area contributed by atoms with Crippen molar-refractivity contribution in [2.45, 2.75) is 6.54 Å². The molecule has 8 aromatic rings. The first kappa shape index (κ1) is 31.0. The van der Waals surface area contributed by atoms with Gasteiger partial charge in [0.25, 0.3) is 5.91 Å². The summed E-state index contributed by atoms with van der Waals surface area (Å²) < 4.78 is 39.3. The smallest absolute Gasteiger partial charge is 0.262 e. The van der Waals surface area contributed by atoms with Gasteiger partial charge in [-0.25, -0.2) is 18.7 Å². The van der Waals surface area contributed by atoms with E-state index >= 15 is 0 Å². The molecule has 0 fully saturated rings. The molecule has 4 aromatic carbocycles. The van der Waals surface area contributed by atoms with E-state index in [2.05, 4.69) is 35.9 Å². The minimum atomic E-state index is -0.354. The van der Waals surface area contributed by atoms with Crippen LogP contribution in [0.15, 0.2) is 91.3 Å². The zero-order valence-corrected chi connectivity index (χ0v) is 26.9. The molecule has 11 nitrogen and oxygen atoms in total. The molecule has 0 radical (unpaired) electrons. The van der Waals surface area contributed by atoms with E-state index in [0.29, 0.717) is 51.6 Å². The number of aromatic amines is 1. The average Bonchev–Trinajstić information content (AvgIpc) is 3.77. The molecule has 4 aromatic heterocycles. The van der Waals surface area contributed by atoms with Crippen LogP contribution >= 0.6 is 11.6 Å². The molecule has 0 saturated heterocycles. The third-order valence-electron chi connectivity index (χ3n) is 8.16. The molecule has 0 spiro atoms. The molecule has 0 unspecified atom stereocenters. The van der Waals surface area contributed by atoms with Crippen LogP contribution in [0.2, 0.25) is 5.15 Å². The number of methoxy groups -OCH3 is 1. The first-order valence-electron chi connectivity index (χ1n) is 15.3. The van der Waals surface area contributed by atoms with Gasteiger partial charge in [0, 0.05) is 45.6 Å². The van der Waals surface area contributed by atoms with Gasteiger partial charge in [-0.05, 0) is 60.2 Å². The summed E-state index contributed by atoms with van der Waals surface area (Å²) in [4.78, 5) is 20.3. The number of hydrogen-bond acceptors (Lipinski definition) is 8. The van der Waals surface area contributed by atoms with Crippen molar-refractivity contribution >= 4 is 78.3 Å². The van der Waals surface area contributed by atoms with Gasteiger partial charge in [0.1, 0.15) is 34.2 Å². The van der Waals surface area contributed by atoms with Gasteiger partial charge in [-0.1, -0.05) is 23.7 Å². The van der Waals surface area contributed by atoms with Crippen LogP contribution in [0.5, 0.6) is 11.5 Å². The van der Waals surface area contributed by atoms with Crippen LogP contribution in [0.25, 0.3) is 43.6 Å². The van der Waals surface area contributed by atoms with Crippen LogP contribution in [0.1, 0.15) is 5.56 Å². The second-order valence-corrected chi connectivity index (χ2v) is 11.8. The first-order valence-corrected chi connectivity index (χ1v) is 15.7. The second kappa shape index (κ2) is 12.6. The number of nitrogens with one attached hydrogen (secondary N) is 3. The van der Waals surface area contributed by atoms with Gasteiger partial charge in [0.05, 0.1) is 36.6 Å². The lowest BCUT2D eigenvalue weighted by Gasteiger charge is -2.19. The maximum absolute atomic E-state index is 13.6. The first-order chi connectivity index (χ1) is 24.3. The minimum absolute atomic E-state index is 0.00629. The molecule has 1 aliphatic rings. The van der Waals surface area contributed by atoms with Crippen LogP contribution in [0.3, 0.4) is 0 Å². The van der Waals surface area contributed by atoms with Gasteiger partial charge in [0.15, 0.2) is 17.6 Å². The average molecular weight is 691 g/mol. The SMILES string of the molecule is COc1ccc(Cn2cc3c(n2)c(Cl)nc2cc(F)ccc23)cc1.O=C1COc2ccc(Nc3nc4cc(F)ccc4c4cn[nH]c34)cc2N1. The maximum Gasteiger partial charge on any atom is 0.262 e. The predicted molar refractivity (Wildman–Crippen MR) is 187 cm³/mol. The lowest BCUT2D eigenvalue weighted by molar-refractivity contribution is -0.118. The summed E-state index contributed by atoms with van der Waals surface area (Å²) in [6.07, 6.45) is 3.59. The van der Waals surface area contributed by atoms with Crippen LogP contribution in [-0.2, 0) is 11.3 Å². The van der Waals surface area contributed by atoms with Gasteiger partial charge < -0.3 is 20.1 Å². The highest BCUT2D eigenvalue weighted by Gasteiger charge is 2.17. The number of aromatic nitrogens is 6. The standard InChI is InChI=1S/C18H13ClFN3O.C18H12FN5O2/c1-24-13-5-2-11(3-6-13)9-23-10-15-14-7-4-12(20)8-16(14)21-18(19)17(15)22-23;19-9-1-3-11-12-7-20-24-17(12)18(23-13(11)5-9)21-10-2-4-15-14(6-10)22-16(25)8-26-15/h2-8,10H,9H2,1H3;1-7H,8H2,(H,20,24)(H,21,23)(H,22,25). The molecule has 1 aliphatic heterocycles. The van der Waals surface area contributed by atoms with E-state index in [1.807, 2.05) is 41.2 Å². The zero-order valence-electron chi connectivity index (χ0n) is 26.2. The van der Waals surface area contributed by atoms with Gasteiger partial charge in [0.2, 0.25) is 0 Å². The minimum Gasteiger partial charge on any atom is -0.497 e. The number of halogens is 3. The molecule has 0 atom stereocenters. The third kappa shape index (κ3) is 5.94. The number of pyridine rings is 2. The summed E-state index contributed by atoms with van der Waals surface area (Å²) in [7, 11) is 1.64. The van der Waals surface area contributed by atoms with Crippen LogP contribution in [0, 0.1) is 11.6 Å². The van der Waals surface area contributed by atoms with Gasteiger partial charge in [-0.2, -0.15) is 10.2 Å². The fourth-order valence-corrected chi connectivity index (χ4v) is 6.04. The highest BCUT2D eigenvalue weighted by atomic mass is 35.5. The molecule has 50 heavy (non-hydrogen) atoms. The number of amides is 1. The van der Waals surface area contributed by atoms with Crippen molar-refractivity contribution < 1.29 is 23.0 Å². The lowest BCUT2D eigenvalue weighted by atomic mass is 10.1. The fraction of sp³-hybridized carbons (Fsp3) is 0.0833. The molecule has 0 aliphatic carbocycles. The molecule has 1 amide bonds. The predicted octanol–water partition coefficient (Wildman–Crippen LogP) is 7.76. The van der Waals surface area contributed by atoms with Gasteiger partial charge in [-0.15, -0.1) is 0 Å². The van der Waals surface area contributed by atoms with Crippen molar-refractivity contribution in [3.05, 3.63) is 114 Å². The molecule has 248 valence electrons. The second-order valence-electron chi connectivity index (χ2n) is 11.5. The number of ether oxygens (including phenoxy) is 2. The summed E-state index contributed by atoms with van der Waals surface area (Å²) in [6, 6.07) is 22.1. The number of hydrogen-bond donors (Lipinski definition) is 3. The van der Waals surface area contributed by atoms with E-state index in [-0.39, 0.29) is 29.3 Å². The number of H-pyrrole nitrogens is 1. The van der Waals surface area contributed by atoms with Crippen molar-refractivity contribution in [2.75, 3.05) is 24.4 Å². The van der Waals surface area contributed by atoms with E-state index in [4.69, 9.17) is 21.1 Å². The van der Waals surface area contributed by atoms with E-state index < -0.39 is 0 Å². The summed E-state index contributed by atoms with van der Waals surface area (Å²) in [5.41, 5.74) is 4.74. The van der Waals surface area contributed by atoms with E-state index in [9.17, 15) is 13.6 Å². The molecule has 0 bridgehead atoms. The molecule has 0 saturated carbocycles. The Labute approximate surface area is 286 Å². The number of carbonyl (C=O) groups excluding carboxylic acids is 1. The molecular weight excluding hydrogens is 666 g/mol. The fourth-order valence-electron chi connectivity index (χ4n) is 5.81. The van der Waals surface area contributed by atoms with E-state index in [1.165, 1.54) is 24.3 Å². The Bertz CT molecular complexity index is 2590. The van der Waals surface area contributed by atoms with E-state index in [0.717, 1.165) is 32.9 Å². The Morgan fingerprint density at radius 3 is 2.42 bits per heavy atom. The van der Waals surface area contributed by atoms with Crippen molar-refractivity contribution in [3.8, 4) is 11.5 Å². The largest absolute Gasteiger partial charge is 0.497 e. The molecule has 3 N–H and O–H groups in total. The third-order valence-corrected chi connectivity index (χ3v) is 8.43. The molecular formula is C36H25ClF2N8O3. The van der Waals surface area contributed by atoms with Gasteiger partial charge >= 0.3 is 0 Å². The number of benzene rings is 4. The van der Waals surface area contributed by atoms with Crippen molar-refractivity contribution in [3.63, 3.8) is 0 Å². The van der Waals surface area contributed by atoms with Crippen LogP contribution < -0.4 is 20.1 Å². The molecule has 5 heterocycles. The summed E-state index contributed by atoms with van der Waals surface area (Å²) in [5, 5.41) is 21.1.